The van der Waals surface area contributed by atoms with E-state index in [-0.39, 0.29) is 29.7 Å². The highest BCUT2D eigenvalue weighted by Crippen LogP contribution is 2.41. The molecule has 0 aromatic rings. The Labute approximate surface area is 125 Å². The van der Waals surface area contributed by atoms with Gasteiger partial charge in [-0.15, -0.1) is 0 Å². The molecule has 2 rings (SSSR count). The van der Waals surface area contributed by atoms with E-state index in [1.54, 1.807) is 4.90 Å². The number of unbranched alkanes of at least 4 members (excludes halogenated alkanes) is 1. The molecule has 116 valence electrons. The molecule has 1 heterocycles. The number of carbonyl (C=O) groups excluding carboxylic acids is 2. The smallest absolute Gasteiger partial charge is 0.240 e. The lowest BCUT2D eigenvalue weighted by Crippen LogP contribution is -2.47. The summed E-state index contributed by atoms with van der Waals surface area (Å²) in [5, 5.41) is 11.9. The number of hydrogen-bond acceptors (Lipinski definition) is 4. The molecule has 1 aliphatic heterocycles. The maximum absolute atomic E-state index is 12.3. The number of nitrogens with two attached hydrogens (primary N) is 1. The Balaban J connectivity index is 1.82. The first-order valence-corrected chi connectivity index (χ1v) is 7.83. The van der Waals surface area contributed by atoms with Crippen LogP contribution in [0.4, 0.5) is 0 Å². The highest BCUT2D eigenvalue weighted by atomic mass is 16.2. The second kappa shape index (κ2) is 6.90. The summed E-state index contributed by atoms with van der Waals surface area (Å²) in [6.07, 6.45) is 4.25. The van der Waals surface area contributed by atoms with Crippen LogP contribution in [-0.2, 0) is 9.59 Å². The SMILES string of the molecule is CCCCNC(=O)[C@H]1C[C@H]1[C@H](N)C(=O)N1CCC[C@H]1C#N. The molecule has 1 saturated heterocycles. The monoisotopic (exact) mass is 292 g/mol. The van der Waals surface area contributed by atoms with E-state index in [1.165, 1.54) is 0 Å². The van der Waals surface area contributed by atoms with Gasteiger partial charge in [-0.3, -0.25) is 9.59 Å². The van der Waals surface area contributed by atoms with Gasteiger partial charge >= 0.3 is 0 Å². The third-order valence-corrected chi connectivity index (χ3v) is 4.44. The molecule has 2 aliphatic rings. The van der Waals surface area contributed by atoms with Gasteiger partial charge in [0.05, 0.1) is 12.1 Å². The Morgan fingerprint density at radius 1 is 1.52 bits per heavy atom. The fourth-order valence-electron chi connectivity index (χ4n) is 2.97. The Morgan fingerprint density at radius 2 is 2.29 bits per heavy atom. The summed E-state index contributed by atoms with van der Waals surface area (Å²) in [5.74, 6) is -0.370. The molecule has 1 saturated carbocycles. The quantitative estimate of drug-likeness (QED) is 0.691. The summed E-state index contributed by atoms with van der Waals surface area (Å²) in [7, 11) is 0. The van der Waals surface area contributed by atoms with Crippen LogP contribution in [0, 0.1) is 23.2 Å². The van der Waals surface area contributed by atoms with Crippen molar-refractivity contribution in [2.24, 2.45) is 17.6 Å². The second-order valence-corrected chi connectivity index (χ2v) is 6.00. The van der Waals surface area contributed by atoms with Crippen LogP contribution < -0.4 is 11.1 Å². The zero-order valence-corrected chi connectivity index (χ0v) is 12.5. The van der Waals surface area contributed by atoms with Crippen LogP contribution in [0.25, 0.3) is 0 Å². The number of carbonyl (C=O) groups is 2. The van der Waals surface area contributed by atoms with Gasteiger partial charge in [0.25, 0.3) is 0 Å². The van der Waals surface area contributed by atoms with E-state index >= 15 is 0 Å². The minimum Gasteiger partial charge on any atom is -0.356 e. The lowest BCUT2D eigenvalue weighted by molar-refractivity contribution is -0.133. The molecule has 1 aliphatic carbocycles. The fraction of sp³-hybridized carbons (Fsp3) is 0.800. The van der Waals surface area contributed by atoms with E-state index in [1.807, 2.05) is 0 Å². The molecule has 0 bridgehead atoms. The van der Waals surface area contributed by atoms with Gasteiger partial charge in [0.15, 0.2) is 0 Å². The van der Waals surface area contributed by atoms with Crippen molar-refractivity contribution < 1.29 is 9.59 Å². The lowest BCUT2D eigenvalue weighted by atomic mass is 10.1. The molecule has 0 unspecified atom stereocenters. The third-order valence-electron chi connectivity index (χ3n) is 4.44. The first-order chi connectivity index (χ1) is 10.1. The average molecular weight is 292 g/mol. The van der Waals surface area contributed by atoms with Crippen LogP contribution >= 0.6 is 0 Å². The number of hydrogen-bond donors (Lipinski definition) is 2. The van der Waals surface area contributed by atoms with Gasteiger partial charge in [0, 0.05) is 19.0 Å². The predicted octanol–water partition coefficient (Wildman–Crippen LogP) is 0.381. The van der Waals surface area contributed by atoms with Gasteiger partial charge in [-0.1, -0.05) is 13.3 Å². The summed E-state index contributed by atoms with van der Waals surface area (Å²) >= 11 is 0. The van der Waals surface area contributed by atoms with E-state index in [2.05, 4.69) is 18.3 Å². The molecular weight excluding hydrogens is 268 g/mol. The molecule has 0 aromatic heterocycles. The van der Waals surface area contributed by atoms with Crippen LogP contribution in [0.5, 0.6) is 0 Å². The molecular formula is C15H24N4O2. The van der Waals surface area contributed by atoms with Crippen molar-refractivity contribution in [3.05, 3.63) is 0 Å². The number of nitriles is 1. The molecule has 3 N–H and O–H groups in total. The van der Waals surface area contributed by atoms with Crippen LogP contribution in [0.2, 0.25) is 0 Å². The summed E-state index contributed by atoms with van der Waals surface area (Å²) in [6.45, 7) is 3.36. The molecule has 0 spiro atoms. The van der Waals surface area contributed by atoms with Gasteiger partial charge in [-0.2, -0.15) is 5.26 Å². The molecule has 2 amide bonds. The summed E-state index contributed by atoms with van der Waals surface area (Å²) in [4.78, 5) is 25.8. The van der Waals surface area contributed by atoms with Crippen LogP contribution in [0.1, 0.15) is 39.0 Å². The largest absolute Gasteiger partial charge is 0.356 e. The van der Waals surface area contributed by atoms with Crippen molar-refractivity contribution in [3.8, 4) is 6.07 Å². The number of likely N-dealkylation sites (tertiary alicyclic amines) is 1. The van der Waals surface area contributed by atoms with Gasteiger partial charge in [0.2, 0.25) is 11.8 Å². The lowest BCUT2D eigenvalue weighted by Gasteiger charge is -2.23. The molecule has 4 atom stereocenters. The molecule has 0 radical (unpaired) electrons. The van der Waals surface area contributed by atoms with Crippen molar-refractivity contribution in [2.45, 2.75) is 51.1 Å². The summed E-state index contributed by atoms with van der Waals surface area (Å²) < 4.78 is 0. The number of nitrogens with zero attached hydrogens (tertiary/aromatic N) is 2. The Morgan fingerprint density at radius 3 is 2.95 bits per heavy atom. The first-order valence-electron chi connectivity index (χ1n) is 7.83. The molecule has 2 fully saturated rings. The van der Waals surface area contributed by atoms with Crippen molar-refractivity contribution in [1.82, 2.24) is 10.2 Å². The van der Waals surface area contributed by atoms with Crippen molar-refractivity contribution in [2.75, 3.05) is 13.1 Å². The summed E-state index contributed by atoms with van der Waals surface area (Å²) in [6, 6.07) is 1.15. The third kappa shape index (κ3) is 3.53. The van der Waals surface area contributed by atoms with Crippen molar-refractivity contribution >= 4 is 11.8 Å². The van der Waals surface area contributed by atoms with Crippen LogP contribution in [-0.4, -0.2) is 41.9 Å². The predicted molar refractivity (Wildman–Crippen MR) is 77.8 cm³/mol. The van der Waals surface area contributed by atoms with Gasteiger partial charge < -0.3 is 16.0 Å². The van der Waals surface area contributed by atoms with Crippen LogP contribution in [0.15, 0.2) is 0 Å². The van der Waals surface area contributed by atoms with Gasteiger partial charge in [0.1, 0.15) is 6.04 Å². The maximum Gasteiger partial charge on any atom is 0.240 e. The minimum atomic E-state index is -0.652. The zero-order chi connectivity index (χ0) is 15.4. The molecule has 0 aromatic carbocycles. The van der Waals surface area contributed by atoms with E-state index in [0.717, 1.165) is 25.7 Å². The van der Waals surface area contributed by atoms with E-state index in [4.69, 9.17) is 11.0 Å². The Kier molecular flexibility index (Phi) is 5.18. The topological polar surface area (TPSA) is 99.2 Å². The minimum absolute atomic E-state index is 0.00922. The first kappa shape index (κ1) is 15.8. The molecule has 6 heteroatoms. The molecule has 6 nitrogen and oxygen atoms in total. The van der Waals surface area contributed by atoms with Gasteiger partial charge in [-0.25, -0.2) is 0 Å². The maximum atomic E-state index is 12.3. The van der Waals surface area contributed by atoms with E-state index in [0.29, 0.717) is 19.5 Å². The second-order valence-electron chi connectivity index (χ2n) is 6.00. The van der Waals surface area contributed by atoms with Gasteiger partial charge in [-0.05, 0) is 31.6 Å². The Bertz CT molecular complexity index is 445. The standard InChI is InChI=1S/C15H24N4O2/c1-2-3-6-18-14(20)12-8-11(12)13(17)15(21)19-7-4-5-10(19)9-16/h10-13H,2-8,17H2,1H3,(H,18,20)/t10-,11+,12-,13-/m0/s1. The van der Waals surface area contributed by atoms with E-state index < -0.39 is 6.04 Å². The number of rotatable bonds is 6. The fourth-order valence-corrected chi connectivity index (χ4v) is 2.97. The van der Waals surface area contributed by atoms with Crippen LogP contribution in [0.3, 0.4) is 0 Å². The normalized spacial score (nSPS) is 28.8. The molecule has 21 heavy (non-hydrogen) atoms. The zero-order valence-electron chi connectivity index (χ0n) is 12.5. The Hall–Kier alpha value is -1.61. The number of nitrogens with one attached hydrogen (secondary N) is 1. The van der Waals surface area contributed by atoms with Crippen molar-refractivity contribution in [1.29, 1.82) is 5.26 Å². The van der Waals surface area contributed by atoms with Crippen molar-refractivity contribution in [3.63, 3.8) is 0 Å². The van der Waals surface area contributed by atoms with E-state index in [9.17, 15) is 9.59 Å². The highest BCUT2D eigenvalue weighted by molar-refractivity contribution is 5.87. The number of amides is 2. The highest BCUT2D eigenvalue weighted by Gasteiger charge is 2.50. The summed E-state index contributed by atoms with van der Waals surface area (Å²) in [5.41, 5.74) is 6.02. The average Bonchev–Trinajstić information content (AvgIpc) is 3.15.